The van der Waals surface area contributed by atoms with Gasteiger partial charge in [-0.1, -0.05) is 41.9 Å². The Kier molecular flexibility index (Phi) is 4.25. The fourth-order valence-electron chi connectivity index (χ4n) is 2.10. The van der Waals surface area contributed by atoms with Crippen LogP contribution in [0.2, 0.25) is 0 Å². The van der Waals surface area contributed by atoms with Crippen molar-refractivity contribution in [2.75, 3.05) is 0 Å². The van der Waals surface area contributed by atoms with Gasteiger partial charge in [-0.25, -0.2) is 0 Å². The zero-order valence-corrected chi connectivity index (χ0v) is 14.2. The van der Waals surface area contributed by atoms with Gasteiger partial charge in [-0.15, -0.1) is 15.5 Å². The second-order valence-electron chi connectivity index (χ2n) is 5.50. The molecule has 0 saturated carbocycles. The van der Waals surface area contributed by atoms with Crippen molar-refractivity contribution in [3.05, 3.63) is 70.6 Å². The lowest BCUT2D eigenvalue weighted by molar-refractivity contribution is -0.137. The van der Waals surface area contributed by atoms with E-state index in [0.717, 1.165) is 6.92 Å². The highest BCUT2D eigenvalue weighted by molar-refractivity contribution is 8.52. The molecule has 25 heavy (non-hydrogen) atoms. The summed E-state index contributed by atoms with van der Waals surface area (Å²) in [6, 6.07) is 7.38. The zero-order chi connectivity index (χ0) is 19.2. The van der Waals surface area contributed by atoms with Gasteiger partial charge in [0, 0.05) is 0 Å². The van der Waals surface area contributed by atoms with Crippen LogP contribution in [0, 0.1) is 6.92 Å². The maximum atomic E-state index is 14.5. The molecule has 2 aromatic carbocycles. The first-order valence-electron chi connectivity index (χ1n) is 6.74. The molecule has 0 aliphatic heterocycles. The third-order valence-corrected chi connectivity index (χ3v) is 5.65. The minimum Gasteiger partial charge on any atom is -0.166 e. The Morgan fingerprint density at radius 1 is 0.960 bits per heavy atom. The maximum Gasteiger partial charge on any atom is 0.416 e. The summed E-state index contributed by atoms with van der Waals surface area (Å²) in [4.78, 5) is -2.00. The first-order chi connectivity index (χ1) is 11.1. The molecule has 0 spiro atoms. The third kappa shape index (κ3) is 4.49. The van der Waals surface area contributed by atoms with Crippen LogP contribution in [0.3, 0.4) is 0 Å². The van der Waals surface area contributed by atoms with Crippen LogP contribution in [0.5, 0.6) is 0 Å². The van der Waals surface area contributed by atoms with Crippen molar-refractivity contribution in [3.63, 3.8) is 0 Å². The molecule has 0 amide bonds. The largest absolute Gasteiger partial charge is 0.416 e. The molecule has 0 nitrogen and oxygen atoms in total. The average Bonchev–Trinajstić information content (AvgIpc) is 2.45. The SMILES string of the molecule is Cc1cc(C(F)(F)F)cc(S(F)(F)(F)(F)/C=C(/Cl)c2ccccc2)c1. The number of hydrogen-bond acceptors (Lipinski definition) is 0. The third-order valence-electron chi connectivity index (χ3n) is 3.26. The first kappa shape index (κ1) is 19.7. The highest BCUT2D eigenvalue weighted by Gasteiger charge is 2.63. The number of rotatable bonds is 3. The van der Waals surface area contributed by atoms with Crippen molar-refractivity contribution in [2.24, 2.45) is 0 Å². The van der Waals surface area contributed by atoms with Crippen LogP contribution in [-0.4, -0.2) is 0 Å². The lowest BCUT2D eigenvalue weighted by atomic mass is 10.1. The second-order valence-corrected chi connectivity index (χ2v) is 8.88. The molecular weight excluding hydrogens is 393 g/mol. The van der Waals surface area contributed by atoms with Crippen LogP contribution in [0.4, 0.5) is 28.7 Å². The van der Waals surface area contributed by atoms with Crippen molar-refractivity contribution in [2.45, 2.75) is 18.0 Å². The Morgan fingerprint density at radius 3 is 2.04 bits per heavy atom. The fraction of sp³-hybridized carbons (Fsp3) is 0.125. The molecule has 0 radical (unpaired) electrons. The molecule has 138 valence electrons. The molecule has 0 heterocycles. The van der Waals surface area contributed by atoms with Gasteiger partial charge in [0.2, 0.25) is 9.84 Å². The normalized spacial score (nSPS) is 16.3. The lowest BCUT2D eigenvalue weighted by Crippen LogP contribution is -2.14. The molecule has 0 fully saturated rings. The minimum atomic E-state index is -9.20. The average molecular weight is 405 g/mol. The molecule has 0 aromatic heterocycles. The van der Waals surface area contributed by atoms with Crippen LogP contribution < -0.4 is 0 Å². The lowest BCUT2D eigenvalue weighted by Gasteiger charge is -2.47. The number of aryl methyl sites for hydroxylation is 1. The van der Waals surface area contributed by atoms with E-state index in [9.17, 15) is 28.7 Å². The van der Waals surface area contributed by atoms with Crippen LogP contribution in [0.15, 0.2) is 58.8 Å². The van der Waals surface area contributed by atoms with Crippen LogP contribution in [0.25, 0.3) is 5.03 Å². The number of alkyl halides is 3. The maximum absolute atomic E-state index is 14.5. The summed E-state index contributed by atoms with van der Waals surface area (Å²) in [7, 11) is -9.20. The Balaban J connectivity index is 2.71. The van der Waals surface area contributed by atoms with Crippen molar-refractivity contribution in [3.8, 4) is 0 Å². The molecule has 0 N–H and O–H groups in total. The Morgan fingerprint density at radius 2 is 1.52 bits per heavy atom. The predicted molar refractivity (Wildman–Crippen MR) is 86.7 cm³/mol. The molecule has 0 saturated heterocycles. The summed E-state index contributed by atoms with van der Waals surface area (Å²) in [5.74, 6) is 0. The number of benzene rings is 2. The summed E-state index contributed by atoms with van der Waals surface area (Å²) < 4.78 is 96.3. The van der Waals surface area contributed by atoms with E-state index in [2.05, 4.69) is 0 Å². The van der Waals surface area contributed by atoms with E-state index in [1.54, 1.807) is 0 Å². The summed E-state index contributed by atoms with van der Waals surface area (Å²) in [5.41, 5.74) is -2.06. The van der Waals surface area contributed by atoms with E-state index in [0.29, 0.717) is 12.1 Å². The van der Waals surface area contributed by atoms with Gasteiger partial charge >= 0.3 is 6.18 Å². The molecule has 0 aliphatic rings. The quantitative estimate of drug-likeness (QED) is 0.454. The minimum absolute atomic E-state index is 0.108. The van der Waals surface area contributed by atoms with Crippen molar-refractivity contribution in [1.82, 2.24) is 0 Å². The topological polar surface area (TPSA) is 0 Å². The van der Waals surface area contributed by atoms with Crippen molar-refractivity contribution >= 4 is 26.5 Å². The van der Waals surface area contributed by atoms with Crippen LogP contribution in [-0.2, 0) is 6.18 Å². The van der Waals surface area contributed by atoms with Gasteiger partial charge in [0.25, 0.3) is 0 Å². The molecule has 0 atom stereocenters. The van der Waals surface area contributed by atoms with Gasteiger partial charge in [0.15, 0.2) is 0 Å². The Hall–Kier alpha value is -1.67. The molecule has 2 rings (SSSR count). The monoisotopic (exact) mass is 404 g/mol. The predicted octanol–water partition coefficient (Wildman–Crippen LogP) is 8.02. The van der Waals surface area contributed by atoms with E-state index in [-0.39, 0.29) is 17.2 Å². The van der Waals surface area contributed by atoms with E-state index < -0.39 is 36.9 Å². The molecule has 9 heteroatoms. The summed E-state index contributed by atoms with van der Waals surface area (Å²) in [6.45, 7) is 1.02. The van der Waals surface area contributed by atoms with Crippen molar-refractivity contribution < 1.29 is 28.7 Å². The first-order valence-corrected chi connectivity index (χ1v) is 9.24. The zero-order valence-electron chi connectivity index (χ0n) is 12.6. The van der Waals surface area contributed by atoms with Crippen LogP contribution >= 0.6 is 21.4 Å². The second kappa shape index (κ2) is 5.41. The highest BCUT2D eigenvalue weighted by Crippen LogP contribution is 3.02. The number of halogens is 8. The molecule has 2 aromatic rings. The summed E-state index contributed by atoms with van der Waals surface area (Å²) in [5, 5.41) is -1.67. The number of hydrogen-bond donors (Lipinski definition) is 0. The smallest absolute Gasteiger partial charge is 0.166 e. The van der Waals surface area contributed by atoms with Gasteiger partial charge in [-0.2, -0.15) is 13.2 Å². The van der Waals surface area contributed by atoms with Gasteiger partial charge < -0.3 is 0 Å². The van der Waals surface area contributed by atoms with Gasteiger partial charge in [-0.05, 0) is 36.2 Å². The Labute approximate surface area is 144 Å². The van der Waals surface area contributed by atoms with E-state index in [4.69, 9.17) is 11.6 Å². The van der Waals surface area contributed by atoms with E-state index in [1.807, 2.05) is 0 Å². The van der Waals surface area contributed by atoms with Gasteiger partial charge in [0.05, 0.1) is 20.9 Å². The molecular formula is C16H12ClF7S. The molecule has 0 bridgehead atoms. The molecule has 0 aliphatic carbocycles. The standard InChI is InChI=1S/C16H12ClF7S/c1-11-7-13(16(18,19)20)9-14(8-11)25(21,22,23,24)10-15(17)12-5-3-2-4-6-12/h2-10H,1H3/b15-10+. The van der Waals surface area contributed by atoms with E-state index >= 15 is 0 Å². The fourth-order valence-corrected chi connectivity index (χ4v) is 4.26. The molecule has 0 unspecified atom stereocenters. The van der Waals surface area contributed by atoms with E-state index in [1.165, 1.54) is 30.3 Å². The summed E-state index contributed by atoms with van der Waals surface area (Å²) in [6.07, 6.45) is -5.04. The Bertz CT molecular complexity index is 835. The van der Waals surface area contributed by atoms with Crippen LogP contribution in [0.1, 0.15) is 16.7 Å². The van der Waals surface area contributed by atoms with Crippen molar-refractivity contribution in [1.29, 1.82) is 0 Å². The summed E-state index contributed by atoms with van der Waals surface area (Å²) >= 11 is 5.60. The van der Waals surface area contributed by atoms with Gasteiger partial charge in [-0.3, -0.25) is 0 Å². The highest BCUT2D eigenvalue weighted by atomic mass is 35.5. The van der Waals surface area contributed by atoms with Gasteiger partial charge in [0.1, 0.15) is 0 Å².